The maximum Gasteiger partial charge on any atom is 0.491 e. The lowest BCUT2D eigenvalue weighted by Crippen LogP contribution is -2.60. The SMILES string of the molecule is C=C[C@@H]1C[C@]1(NC(=O)[C@@H]1C[C@@H](Oc2ncc(OC)c3ccc(Cl)cc23)CN1C(=O)[C@@H](NC(=O)Nc1cc2c(cc1F)COB2O)C(C)(C)C)C(=O)NS(=O)(=O)C1CC1. The van der Waals surface area contributed by atoms with Crippen LogP contribution in [-0.2, 0) is 35.7 Å². The summed E-state index contributed by atoms with van der Waals surface area (Å²) in [4.78, 5) is 61.7. The fourth-order valence-electron chi connectivity index (χ4n) is 7.42. The second kappa shape index (κ2) is 15.3. The van der Waals surface area contributed by atoms with Gasteiger partial charge in [0.05, 0.1) is 37.4 Å². The molecule has 2 aliphatic carbocycles. The normalized spacial score (nSPS) is 23.1. The van der Waals surface area contributed by atoms with Crippen LogP contribution < -0.4 is 35.6 Å². The van der Waals surface area contributed by atoms with Gasteiger partial charge in [0.1, 0.15) is 35.3 Å². The van der Waals surface area contributed by atoms with Gasteiger partial charge in [-0.1, -0.05) is 38.4 Å². The highest BCUT2D eigenvalue weighted by atomic mass is 35.5. The van der Waals surface area contributed by atoms with Crippen LogP contribution in [0.5, 0.6) is 11.6 Å². The Morgan fingerprint density at radius 2 is 1.93 bits per heavy atom. The van der Waals surface area contributed by atoms with Gasteiger partial charge in [-0.05, 0) is 66.0 Å². The fourth-order valence-corrected chi connectivity index (χ4v) is 8.95. The molecule has 2 saturated carbocycles. The van der Waals surface area contributed by atoms with Crippen molar-refractivity contribution in [2.24, 2.45) is 11.3 Å². The zero-order valence-corrected chi connectivity index (χ0v) is 33.7. The summed E-state index contributed by atoms with van der Waals surface area (Å²) in [5.41, 5.74) is -2.18. The van der Waals surface area contributed by atoms with E-state index in [2.05, 4.69) is 32.2 Å². The number of nitrogens with zero attached hydrogens (tertiary/aromatic N) is 2. The number of urea groups is 1. The number of rotatable bonds is 12. The Morgan fingerprint density at radius 3 is 2.59 bits per heavy atom. The number of methoxy groups -OCH3 is 1. The first kappa shape index (κ1) is 41.2. The maximum atomic E-state index is 15.0. The molecule has 2 aliphatic heterocycles. The first-order valence-electron chi connectivity index (χ1n) is 18.6. The van der Waals surface area contributed by atoms with Crippen LogP contribution in [-0.4, -0.2) is 96.8 Å². The van der Waals surface area contributed by atoms with Crippen molar-refractivity contribution in [3.63, 3.8) is 0 Å². The second-order valence-electron chi connectivity index (χ2n) is 16.1. The molecule has 5 N–H and O–H groups in total. The fraction of sp³-hybridized carbons (Fsp3) is 0.447. The lowest BCUT2D eigenvalue weighted by molar-refractivity contribution is -0.142. The van der Waals surface area contributed by atoms with Crippen molar-refractivity contribution in [2.45, 2.75) is 82.0 Å². The molecule has 0 radical (unpaired) electrons. The summed E-state index contributed by atoms with van der Waals surface area (Å²) < 4.78 is 59.6. The Kier molecular flexibility index (Phi) is 10.9. The molecule has 4 aliphatic rings. The maximum absolute atomic E-state index is 15.0. The minimum atomic E-state index is -3.96. The zero-order valence-electron chi connectivity index (χ0n) is 32.1. The molecular weight excluding hydrogens is 798 g/mol. The standard InChI is InChI=1S/C38H43BClFN6O10S/c1-6-20-15-38(20,35(50)46-58(53,54)23-8-9-23)45-32(48)29-13-22(57-33-25-12-21(40)7-10-24(25)30(55-5)16-42-33)17-47(29)34(49)31(37(2,3)4)44-36(51)43-28-14-26-19(11-27(28)41)18-56-39(26)52/h6-7,10-12,14,16,20,22-23,29,31,52H,1,8-9,13,15,17-18H2,2-5H3,(H,45,48)(H,46,50)(H2,43,44,51)/t20-,22-,29+,31-,38-/m1/s1. The summed E-state index contributed by atoms with van der Waals surface area (Å²) in [6, 6.07) is 3.90. The van der Waals surface area contributed by atoms with Gasteiger partial charge in [0.2, 0.25) is 27.7 Å². The number of pyridine rings is 1. The molecule has 0 unspecified atom stereocenters. The van der Waals surface area contributed by atoms with Crippen LogP contribution in [0.1, 0.15) is 52.0 Å². The summed E-state index contributed by atoms with van der Waals surface area (Å²) in [5.74, 6) is -3.16. The topological polar surface area (TPSA) is 215 Å². The smallest absolute Gasteiger partial charge is 0.491 e. The number of carbonyl (C=O) groups is 4. The quantitative estimate of drug-likeness (QED) is 0.132. The first-order valence-corrected chi connectivity index (χ1v) is 20.6. The predicted octanol–water partition coefficient (Wildman–Crippen LogP) is 2.51. The van der Waals surface area contributed by atoms with Gasteiger partial charge < -0.3 is 40.0 Å². The average molecular weight is 841 g/mol. The van der Waals surface area contributed by atoms with E-state index in [1.54, 1.807) is 39.0 Å². The third kappa shape index (κ3) is 8.04. The van der Waals surface area contributed by atoms with Gasteiger partial charge >= 0.3 is 13.1 Å². The highest BCUT2D eigenvalue weighted by Crippen LogP contribution is 2.46. The van der Waals surface area contributed by atoms with E-state index in [0.29, 0.717) is 39.9 Å². The van der Waals surface area contributed by atoms with E-state index in [1.807, 2.05) is 0 Å². The van der Waals surface area contributed by atoms with Crippen LogP contribution in [0.4, 0.5) is 14.9 Å². The van der Waals surface area contributed by atoms with Crippen LogP contribution >= 0.6 is 11.6 Å². The van der Waals surface area contributed by atoms with E-state index < -0.39 is 87.0 Å². The van der Waals surface area contributed by atoms with Crippen LogP contribution in [0.15, 0.2) is 49.2 Å². The monoisotopic (exact) mass is 840 g/mol. The number of halogens is 2. The third-order valence-electron chi connectivity index (χ3n) is 10.9. The van der Waals surface area contributed by atoms with Gasteiger partial charge in [0, 0.05) is 28.1 Å². The summed E-state index contributed by atoms with van der Waals surface area (Å²) in [6.07, 6.45) is 2.86. The number of benzene rings is 2. The van der Waals surface area contributed by atoms with E-state index in [0.717, 1.165) is 6.07 Å². The summed E-state index contributed by atoms with van der Waals surface area (Å²) in [6.45, 7) is 8.63. The molecule has 20 heteroatoms. The number of likely N-dealkylation sites (tertiary alicyclic amines) is 1. The molecule has 3 heterocycles. The number of hydrogen-bond acceptors (Lipinski definition) is 11. The number of fused-ring (bicyclic) bond motifs is 2. The van der Waals surface area contributed by atoms with E-state index in [9.17, 15) is 32.6 Å². The molecule has 7 rings (SSSR count). The molecule has 308 valence electrons. The lowest BCUT2D eigenvalue weighted by atomic mass is 9.79. The number of hydrogen-bond donors (Lipinski definition) is 5. The minimum Gasteiger partial charge on any atom is -0.494 e. The van der Waals surface area contributed by atoms with Crippen molar-refractivity contribution >= 4 is 74.4 Å². The van der Waals surface area contributed by atoms with Gasteiger partial charge in [-0.2, -0.15) is 0 Å². The molecule has 2 aromatic carbocycles. The number of amides is 5. The molecule has 3 aromatic rings. The van der Waals surface area contributed by atoms with E-state index in [1.165, 1.54) is 30.3 Å². The Hall–Kier alpha value is -4.98. The average Bonchev–Trinajstić information content (AvgIpc) is 4.07. The lowest BCUT2D eigenvalue weighted by Gasteiger charge is -2.35. The van der Waals surface area contributed by atoms with E-state index in [4.69, 9.17) is 25.7 Å². The number of carbonyl (C=O) groups excluding carboxylic acids is 4. The number of aromatic nitrogens is 1. The number of ether oxygens (including phenoxy) is 2. The number of nitrogens with one attached hydrogen (secondary N) is 4. The largest absolute Gasteiger partial charge is 0.494 e. The Bertz CT molecular complexity index is 2330. The van der Waals surface area contributed by atoms with Crippen LogP contribution in [0, 0.1) is 17.2 Å². The van der Waals surface area contributed by atoms with Crippen LogP contribution in [0.25, 0.3) is 10.8 Å². The number of anilines is 1. The van der Waals surface area contributed by atoms with Crippen molar-refractivity contribution in [3.05, 3.63) is 65.6 Å². The Morgan fingerprint density at radius 1 is 1.19 bits per heavy atom. The van der Waals surface area contributed by atoms with Crippen LogP contribution in [0.3, 0.4) is 0 Å². The molecule has 1 saturated heterocycles. The Labute approximate surface area is 339 Å². The van der Waals surface area contributed by atoms with Gasteiger partial charge in [-0.3, -0.25) is 19.1 Å². The highest BCUT2D eigenvalue weighted by molar-refractivity contribution is 7.91. The minimum absolute atomic E-state index is 0.00607. The number of sulfonamides is 1. The molecule has 5 amide bonds. The first-order chi connectivity index (χ1) is 27.3. The zero-order chi connectivity index (χ0) is 41.9. The third-order valence-corrected chi connectivity index (χ3v) is 13.0. The molecule has 1 aromatic heterocycles. The summed E-state index contributed by atoms with van der Waals surface area (Å²) in [5, 5.41) is 18.7. The second-order valence-corrected chi connectivity index (χ2v) is 18.5. The highest BCUT2D eigenvalue weighted by Gasteiger charge is 2.62. The molecular formula is C38H43BClFN6O10S. The van der Waals surface area contributed by atoms with Gasteiger partial charge in [-0.25, -0.2) is 22.6 Å². The van der Waals surface area contributed by atoms with Crippen molar-refractivity contribution in [1.29, 1.82) is 0 Å². The molecule has 16 nitrogen and oxygen atoms in total. The van der Waals surface area contributed by atoms with Gasteiger partial charge in [0.25, 0.3) is 5.91 Å². The predicted molar refractivity (Wildman–Crippen MR) is 211 cm³/mol. The molecule has 5 atom stereocenters. The molecule has 0 bridgehead atoms. The summed E-state index contributed by atoms with van der Waals surface area (Å²) >= 11 is 6.34. The molecule has 0 spiro atoms. The summed E-state index contributed by atoms with van der Waals surface area (Å²) in [7, 11) is -3.78. The van der Waals surface area contributed by atoms with E-state index >= 15 is 4.39 Å². The van der Waals surface area contributed by atoms with Crippen molar-refractivity contribution in [1.82, 2.24) is 25.2 Å². The molecule has 3 fully saturated rings. The van der Waals surface area contributed by atoms with Gasteiger partial charge in [-0.15, -0.1) is 6.58 Å². The Balaban J connectivity index is 1.17. The molecule has 58 heavy (non-hydrogen) atoms. The van der Waals surface area contributed by atoms with E-state index in [-0.39, 0.29) is 43.0 Å². The van der Waals surface area contributed by atoms with Crippen molar-refractivity contribution in [3.8, 4) is 11.6 Å². The van der Waals surface area contributed by atoms with Crippen molar-refractivity contribution < 1.29 is 51.1 Å². The van der Waals surface area contributed by atoms with Crippen molar-refractivity contribution in [2.75, 3.05) is 19.0 Å². The van der Waals surface area contributed by atoms with Crippen LogP contribution in [0.2, 0.25) is 5.02 Å². The van der Waals surface area contributed by atoms with Gasteiger partial charge in [0.15, 0.2) is 0 Å².